The Hall–Kier alpha value is -2.02. The van der Waals surface area contributed by atoms with Crippen LogP contribution in [0.1, 0.15) is 23.1 Å². The number of hydrogen-bond acceptors (Lipinski definition) is 5. The lowest BCUT2D eigenvalue weighted by molar-refractivity contribution is -0.137. The van der Waals surface area contributed by atoms with E-state index in [9.17, 15) is 9.59 Å². The molecular formula is C12H13N3O3S. The van der Waals surface area contributed by atoms with Gasteiger partial charge in [-0.2, -0.15) is 0 Å². The third-order valence-corrected chi connectivity index (χ3v) is 3.42. The van der Waals surface area contributed by atoms with Crippen LogP contribution in [-0.2, 0) is 4.79 Å². The van der Waals surface area contributed by atoms with Crippen molar-refractivity contribution in [2.75, 3.05) is 13.1 Å². The Morgan fingerprint density at radius 2 is 2.26 bits per heavy atom. The van der Waals surface area contributed by atoms with Crippen molar-refractivity contribution < 1.29 is 14.7 Å². The zero-order chi connectivity index (χ0) is 13.8. The predicted molar refractivity (Wildman–Crippen MR) is 71.2 cm³/mol. The smallest absolute Gasteiger partial charge is 0.323 e. The molecule has 0 aliphatic rings. The highest BCUT2D eigenvalue weighted by Gasteiger charge is 2.21. The molecule has 2 aromatic heterocycles. The van der Waals surface area contributed by atoms with Crippen LogP contribution in [0.3, 0.4) is 0 Å². The minimum atomic E-state index is -1.03. The molecule has 0 fully saturated rings. The summed E-state index contributed by atoms with van der Waals surface area (Å²) in [6.45, 7) is 1.98. The molecule has 0 bridgehead atoms. The van der Waals surface area contributed by atoms with Gasteiger partial charge in [0, 0.05) is 12.7 Å². The van der Waals surface area contributed by atoms with Gasteiger partial charge in [-0.15, -0.1) is 0 Å². The lowest BCUT2D eigenvalue weighted by atomic mass is 10.4. The number of aromatic nitrogens is 2. The largest absolute Gasteiger partial charge is 0.480 e. The first-order chi connectivity index (χ1) is 9.11. The Labute approximate surface area is 113 Å². The number of fused-ring (bicyclic) bond motifs is 1. The van der Waals surface area contributed by atoms with Crippen molar-refractivity contribution in [2.45, 2.75) is 13.3 Å². The van der Waals surface area contributed by atoms with Gasteiger partial charge >= 0.3 is 5.97 Å². The lowest BCUT2D eigenvalue weighted by Crippen LogP contribution is -2.36. The van der Waals surface area contributed by atoms with Gasteiger partial charge in [0.15, 0.2) is 5.01 Å². The number of aliphatic carboxylic acids is 1. The molecule has 1 N–H and O–H groups in total. The molecule has 2 rings (SSSR count). The highest BCUT2D eigenvalue weighted by atomic mass is 32.1. The number of carbonyl (C=O) groups excluding carboxylic acids is 1. The number of pyridine rings is 1. The van der Waals surface area contributed by atoms with Crippen molar-refractivity contribution in [1.82, 2.24) is 14.9 Å². The summed E-state index contributed by atoms with van der Waals surface area (Å²) in [7, 11) is 0. The van der Waals surface area contributed by atoms with E-state index in [0.717, 1.165) is 0 Å². The number of carbonyl (C=O) groups is 2. The van der Waals surface area contributed by atoms with E-state index in [1.165, 1.54) is 16.2 Å². The van der Waals surface area contributed by atoms with E-state index in [2.05, 4.69) is 9.97 Å². The summed E-state index contributed by atoms with van der Waals surface area (Å²) in [5, 5.41) is 9.10. The highest BCUT2D eigenvalue weighted by Crippen LogP contribution is 2.20. The number of nitrogens with zero attached hydrogens (tertiary/aromatic N) is 3. The Morgan fingerprint density at radius 3 is 2.89 bits per heavy atom. The first kappa shape index (κ1) is 13.4. The van der Waals surface area contributed by atoms with Crippen LogP contribution >= 0.6 is 11.3 Å². The summed E-state index contributed by atoms with van der Waals surface area (Å²) in [4.78, 5) is 33.3. The molecule has 100 valence electrons. The van der Waals surface area contributed by atoms with E-state index < -0.39 is 5.97 Å². The first-order valence-electron chi connectivity index (χ1n) is 5.84. The van der Waals surface area contributed by atoms with Gasteiger partial charge in [-0.05, 0) is 18.6 Å². The zero-order valence-electron chi connectivity index (χ0n) is 10.4. The van der Waals surface area contributed by atoms with E-state index in [1.54, 1.807) is 18.3 Å². The molecule has 0 radical (unpaired) electrons. The maximum atomic E-state index is 12.2. The van der Waals surface area contributed by atoms with Gasteiger partial charge in [0.2, 0.25) is 0 Å². The second-order valence-corrected chi connectivity index (χ2v) is 4.94. The topological polar surface area (TPSA) is 83.4 Å². The molecule has 0 aliphatic heterocycles. The van der Waals surface area contributed by atoms with E-state index in [1.807, 2.05) is 6.92 Å². The van der Waals surface area contributed by atoms with Crippen LogP contribution in [0.15, 0.2) is 18.3 Å². The number of amides is 1. The van der Waals surface area contributed by atoms with E-state index >= 15 is 0 Å². The fraction of sp³-hybridized carbons (Fsp3) is 0.333. The fourth-order valence-electron chi connectivity index (χ4n) is 1.68. The van der Waals surface area contributed by atoms with Crippen molar-refractivity contribution in [2.24, 2.45) is 0 Å². The Balaban J connectivity index is 2.27. The van der Waals surface area contributed by atoms with E-state index in [0.29, 0.717) is 23.3 Å². The maximum absolute atomic E-state index is 12.2. The molecule has 0 saturated carbocycles. The van der Waals surface area contributed by atoms with E-state index in [4.69, 9.17) is 5.11 Å². The molecule has 0 spiro atoms. The normalized spacial score (nSPS) is 10.6. The fourth-order valence-corrected chi connectivity index (χ4v) is 2.56. The van der Waals surface area contributed by atoms with Gasteiger partial charge in [-0.25, -0.2) is 9.97 Å². The van der Waals surface area contributed by atoms with Crippen molar-refractivity contribution in [3.63, 3.8) is 0 Å². The number of carboxylic acids is 1. The number of hydrogen-bond donors (Lipinski definition) is 1. The zero-order valence-corrected chi connectivity index (χ0v) is 11.2. The molecule has 0 unspecified atom stereocenters. The molecule has 0 aliphatic carbocycles. The lowest BCUT2D eigenvalue weighted by Gasteiger charge is -2.18. The second kappa shape index (κ2) is 5.75. The summed E-state index contributed by atoms with van der Waals surface area (Å²) in [6, 6.07) is 3.52. The third-order valence-electron chi connectivity index (χ3n) is 2.46. The number of carboxylic acid groups (broad SMARTS) is 1. The number of thiazole rings is 1. The monoisotopic (exact) mass is 279 g/mol. The molecule has 2 heterocycles. The summed E-state index contributed by atoms with van der Waals surface area (Å²) in [5.74, 6) is -1.38. The number of rotatable bonds is 5. The SMILES string of the molecule is CCCN(CC(=O)O)C(=O)c1nc2cccnc2s1. The quantitative estimate of drug-likeness (QED) is 0.899. The predicted octanol–water partition coefficient (Wildman–Crippen LogP) is 1.63. The third kappa shape index (κ3) is 3.05. The van der Waals surface area contributed by atoms with Crippen LogP contribution in [0.5, 0.6) is 0 Å². The Kier molecular flexibility index (Phi) is 4.06. The molecule has 0 aromatic carbocycles. The molecule has 7 heteroatoms. The van der Waals surface area contributed by atoms with E-state index in [-0.39, 0.29) is 17.5 Å². The van der Waals surface area contributed by atoms with Crippen molar-refractivity contribution in [3.8, 4) is 0 Å². The summed E-state index contributed by atoms with van der Waals surface area (Å²) in [6.07, 6.45) is 2.33. The van der Waals surface area contributed by atoms with Crippen LogP contribution in [0.4, 0.5) is 0 Å². The molecule has 2 aromatic rings. The molecule has 6 nitrogen and oxygen atoms in total. The van der Waals surface area contributed by atoms with Crippen molar-refractivity contribution >= 4 is 33.6 Å². The van der Waals surface area contributed by atoms with Crippen LogP contribution in [-0.4, -0.2) is 44.9 Å². The minimum Gasteiger partial charge on any atom is -0.480 e. The average Bonchev–Trinajstić information content (AvgIpc) is 2.80. The van der Waals surface area contributed by atoms with Crippen LogP contribution in [0, 0.1) is 0 Å². The average molecular weight is 279 g/mol. The van der Waals surface area contributed by atoms with Gasteiger partial charge in [-0.1, -0.05) is 18.3 Å². The first-order valence-corrected chi connectivity index (χ1v) is 6.66. The summed E-state index contributed by atoms with van der Waals surface area (Å²) < 4.78 is 0. The van der Waals surface area contributed by atoms with Gasteiger partial charge in [0.1, 0.15) is 16.9 Å². The molecule has 0 atom stereocenters. The second-order valence-electron chi connectivity index (χ2n) is 3.97. The van der Waals surface area contributed by atoms with Gasteiger partial charge in [0.25, 0.3) is 5.91 Å². The molecular weight excluding hydrogens is 266 g/mol. The van der Waals surface area contributed by atoms with Gasteiger partial charge < -0.3 is 10.0 Å². The van der Waals surface area contributed by atoms with Crippen molar-refractivity contribution in [1.29, 1.82) is 0 Å². The highest BCUT2D eigenvalue weighted by molar-refractivity contribution is 7.19. The van der Waals surface area contributed by atoms with Gasteiger partial charge in [0.05, 0.1) is 0 Å². The standard InChI is InChI=1S/C12H13N3O3S/c1-2-6-15(7-9(16)17)12(18)11-14-8-4-3-5-13-10(8)19-11/h3-5H,2,6-7H2,1H3,(H,16,17). The maximum Gasteiger partial charge on any atom is 0.323 e. The van der Waals surface area contributed by atoms with Gasteiger partial charge in [-0.3, -0.25) is 9.59 Å². The minimum absolute atomic E-state index is 0.281. The van der Waals surface area contributed by atoms with Crippen LogP contribution in [0.25, 0.3) is 10.3 Å². The Morgan fingerprint density at radius 1 is 1.47 bits per heavy atom. The van der Waals surface area contributed by atoms with Crippen molar-refractivity contribution in [3.05, 3.63) is 23.3 Å². The molecule has 19 heavy (non-hydrogen) atoms. The van der Waals surface area contributed by atoms with Crippen LogP contribution in [0.2, 0.25) is 0 Å². The Bertz CT molecular complexity index is 578. The summed E-state index contributed by atoms with van der Waals surface area (Å²) >= 11 is 1.18. The molecule has 1 amide bonds. The molecule has 0 saturated heterocycles. The van der Waals surface area contributed by atoms with Crippen LogP contribution < -0.4 is 0 Å². The summed E-state index contributed by atoms with van der Waals surface area (Å²) in [5.41, 5.74) is 0.655.